The highest BCUT2D eigenvalue weighted by Crippen LogP contribution is 2.70. The van der Waals surface area contributed by atoms with Gasteiger partial charge in [0.05, 0.1) is 24.9 Å². The maximum atomic E-state index is 13.7. The van der Waals surface area contributed by atoms with E-state index in [0.29, 0.717) is 50.0 Å². The second-order valence-electron chi connectivity index (χ2n) is 24.7. The molecular formula is C61H86NO9P. The molecule has 0 radical (unpaired) electrons. The third-order valence-electron chi connectivity index (χ3n) is 21.4. The Morgan fingerprint density at radius 2 is 1.71 bits per heavy atom. The number of fused-ring (bicyclic) bond motifs is 9. The van der Waals surface area contributed by atoms with Gasteiger partial charge in [-0.1, -0.05) is 63.5 Å². The third kappa shape index (κ3) is 9.55. The van der Waals surface area contributed by atoms with Crippen LogP contribution >= 0.6 is 7.37 Å². The van der Waals surface area contributed by atoms with Crippen molar-refractivity contribution < 1.29 is 43.5 Å². The molecule has 1 aromatic carbocycles. The summed E-state index contributed by atoms with van der Waals surface area (Å²) in [6.45, 7) is 20.0. The zero-order valence-corrected chi connectivity index (χ0v) is 45.3. The zero-order chi connectivity index (χ0) is 51.4. The van der Waals surface area contributed by atoms with Crippen molar-refractivity contribution in [1.82, 2.24) is 0 Å². The first kappa shape index (κ1) is 53.5. The predicted octanol–water partition coefficient (Wildman–Crippen LogP) is 11.9. The Bertz CT molecular complexity index is 2390. The number of ketones is 1. The van der Waals surface area contributed by atoms with Crippen LogP contribution in [0.25, 0.3) is 0 Å². The number of nitrogens with zero attached hydrogens (tertiary/aromatic N) is 1. The Labute approximate surface area is 431 Å². The van der Waals surface area contributed by atoms with Gasteiger partial charge >= 0.3 is 5.97 Å². The first-order valence-electron chi connectivity index (χ1n) is 27.8. The van der Waals surface area contributed by atoms with Crippen LogP contribution in [0.4, 0.5) is 5.69 Å². The molecule has 0 aliphatic heterocycles. The van der Waals surface area contributed by atoms with Crippen molar-refractivity contribution >= 4 is 24.8 Å². The van der Waals surface area contributed by atoms with E-state index in [2.05, 4.69) is 88.9 Å². The lowest BCUT2D eigenvalue weighted by Gasteiger charge is -2.64. The van der Waals surface area contributed by atoms with Crippen LogP contribution < -0.4 is 4.90 Å². The number of aliphatic hydroxyl groups excluding tert-OH is 1. The molecule has 6 saturated carbocycles. The molecule has 0 spiro atoms. The van der Waals surface area contributed by atoms with Gasteiger partial charge in [-0.2, -0.15) is 0 Å². The number of benzene rings is 1. The minimum Gasteiger partial charge on any atom is -0.481 e. The Balaban J connectivity index is 0.881. The van der Waals surface area contributed by atoms with Gasteiger partial charge in [0.1, 0.15) is 5.60 Å². The van der Waals surface area contributed by atoms with Gasteiger partial charge in [0.2, 0.25) is 7.37 Å². The summed E-state index contributed by atoms with van der Waals surface area (Å²) >= 11 is 0. The van der Waals surface area contributed by atoms with E-state index in [9.17, 15) is 29.5 Å². The fourth-order valence-corrected chi connectivity index (χ4v) is 19.0. The molecule has 8 aliphatic rings. The molecule has 10 nitrogen and oxygen atoms in total. The molecule has 0 bridgehead atoms. The van der Waals surface area contributed by atoms with E-state index in [1.165, 1.54) is 22.3 Å². The molecule has 0 amide bonds. The molecule has 16 atom stereocenters. The van der Waals surface area contributed by atoms with E-state index in [1.54, 1.807) is 12.2 Å². The minimum atomic E-state index is -3.04. The number of hydrogen-bond donors (Lipinski definition) is 3. The van der Waals surface area contributed by atoms with Crippen molar-refractivity contribution in [2.45, 2.75) is 167 Å². The van der Waals surface area contributed by atoms with Gasteiger partial charge in [0.25, 0.3) is 0 Å². The number of carboxylic acids is 1. The number of carbonyl (C=O) groups excluding carboxylic acids is 1. The maximum Gasteiger partial charge on any atom is 0.303 e. The molecular weight excluding hydrogens is 922 g/mol. The zero-order valence-electron chi connectivity index (χ0n) is 44.4. The SMILES string of the molecule is C=CCP(=O)(CC=C)OCO[C@@H]1C[C@@H]2C[C@@H](OCCN(C)c3ccc([C@H]4C[C@@]5(C)[C@@H](CC[C@@]5(O)C#CC)[C@@H]5CCC6=CC(=O)CCC6=C54)cc3)CC[C@]2(C)[C@H]2C[C@H](O)[C@]3(C)[C@@H]([C@H](C)CCC(=O)O)CC[C@H]3[C@H]12. The largest absolute Gasteiger partial charge is 0.481 e. The van der Waals surface area contributed by atoms with Gasteiger partial charge in [0.15, 0.2) is 12.6 Å². The molecule has 1 aromatic rings. The van der Waals surface area contributed by atoms with Gasteiger partial charge in [-0.3, -0.25) is 14.2 Å². The van der Waals surface area contributed by atoms with Gasteiger partial charge in [-0.15, -0.1) is 19.1 Å². The molecule has 0 unspecified atom stereocenters. The fourth-order valence-electron chi connectivity index (χ4n) is 17.6. The summed E-state index contributed by atoms with van der Waals surface area (Å²) in [5.74, 6) is 8.15. The number of anilines is 1. The molecule has 6 fully saturated rings. The van der Waals surface area contributed by atoms with Crippen LogP contribution in [0.1, 0.15) is 149 Å². The highest BCUT2D eigenvalue weighted by atomic mass is 31.2. The lowest BCUT2D eigenvalue weighted by Crippen LogP contribution is -2.63. The summed E-state index contributed by atoms with van der Waals surface area (Å²) in [6, 6.07) is 9.09. The lowest BCUT2D eigenvalue weighted by atomic mass is 9.43. The summed E-state index contributed by atoms with van der Waals surface area (Å²) in [5.41, 5.74) is 4.92. The van der Waals surface area contributed by atoms with Gasteiger partial charge < -0.3 is 34.2 Å². The number of aliphatic carboxylic acids is 1. The highest BCUT2D eigenvalue weighted by Gasteiger charge is 2.67. The van der Waals surface area contributed by atoms with Crippen molar-refractivity contribution in [2.24, 2.45) is 63.6 Å². The fraction of sp³-hybridized carbons (Fsp3) is 0.705. The standard InChI is InChI=1S/C61H86NO9P/c1-9-26-61(67)28-25-50-47-19-15-41-33-44(63)18-20-46(41)56(47)48(37-59(50,61)6)40-13-16-43(17-14-40)62(8)29-30-69-45-24-27-58(5)42(34-45)35-53(70-38-71-72(68,31-10-2)32-11-3)57-51-22-21-49(39(4)12-23-55(65)66)60(51,7)54(64)36-52(57)58/h10-11,13-14,16-17,33,39,42,45,47-54,57,64,67H,2-3,12,15,18-25,27-32,34-38H2,1,4-8H3,(H,65,66)/t39-,42+,45+,47+,48-,49-,50+,51+,52+,53-,54+,57+,58+,59+,60-,61+/m1/s1. The number of carboxylic acid groups (broad SMARTS) is 1. The molecule has 0 saturated heterocycles. The van der Waals surface area contributed by atoms with Crippen LogP contribution in [0.2, 0.25) is 0 Å². The summed E-state index contributed by atoms with van der Waals surface area (Å²) in [7, 11) is -0.897. The molecule has 11 heteroatoms. The summed E-state index contributed by atoms with van der Waals surface area (Å²) in [5, 5.41) is 34.0. The quantitative estimate of drug-likeness (QED) is 0.0563. The number of carbonyl (C=O) groups is 2. The minimum absolute atomic E-state index is 0.00270. The molecule has 3 N–H and O–H groups in total. The average Bonchev–Trinajstić information content (AvgIpc) is 3.84. The summed E-state index contributed by atoms with van der Waals surface area (Å²) in [4.78, 5) is 26.5. The monoisotopic (exact) mass is 1010 g/mol. The van der Waals surface area contributed by atoms with E-state index in [4.69, 9.17) is 14.0 Å². The maximum absolute atomic E-state index is 13.7. The molecule has 8 aliphatic carbocycles. The van der Waals surface area contributed by atoms with Crippen LogP contribution in [0.15, 0.2) is 72.4 Å². The van der Waals surface area contributed by atoms with Crippen molar-refractivity contribution in [1.29, 1.82) is 0 Å². The van der Waals surface area contributed by atoms with E-state index in [1.807, 2.05) is 13.0 Å². The van der Waals surface area contributed by atoms with Crippen molar-refractivity contribution in [3.05, 3.63) is 77.9 Å². The first-order valence-corrected chi connectivity index (χ1v) is 29.8. The van der Waals surface area contributed by atoms with Gasteiger partial charge in [-0.05, 0) is 190 Å². The van der Waals surface area contributed by atoms with Crippen LogP contribution in [0, 0.1) is 75.4 Å². The molecule has 72 heavy (non-hydrogen) atoms. The van der Waals surface area contributed by atoms with Crippen LogP contribution in [0.5, 0.6) is 0 Å². The van der Waals surface area contributed by atoms with E-state index >= 15 is 0 Å². The van der Waals surface area contributed by atoms with Crippen molar-refractivity contribution in [3.63, 3.8) is 0 Å². The molecule has 9 rings (SSSR count). The third-order valence-corrected chi connectivity index (χ3v) is 23.6. The van der Waals surface area contributed by atoms with Gasteiger partial charge in [0, 0.05) is 55.8 Å². The number of likely N-dealkylation sites (N-methyl/N-ethyl adjacent to an activating group) is 1. The summed E-state index contributed by atoms with van der Waals surface area (Å²) < 4.78 is 33.4. The van der Waals surface area contributed by atoms with Crippen LogP contribution in [0.3, 0.4) is 0 Å². The van der Waals surface area contributed by atoms with Crippen molar-refractivity contribution in [3.8, 4) is 11.8 Å². The van der Waals surface area contributed by atoms with Gasteiger partial charge in [-0.25, -0.2) is 0 Å². The Hall–Kier alpha value is -3.29. The Kier molecular flexibility index (Phi) is 15.6. The highest BCUT2D eigenvalue weighted by molar-refractivity contribution is 7.59. The van der Waals surface area contributed by atoms with Crippen molar-refractivity contribution in [2.75, 3.05) is 44.2 Å². The number of rotatable bonds is 18. The predicted molar refractivity (Wildman–Crippen MR) is 285 cm³/mol. The topological polar surface area (TPSA) is 143 Å². The summed E-state index contributed by atoms with van der Waals surface area (Å²) in [6.07, 6.45) is 18.2. The Morgan fingerprint density at radius 3 is 2.42 bits per heavy atom. The normalized spacial score (nSPS) is 39.4. The van der Waals surface area contributed by atoms with E-state index in [0.717, 1.165) is 82.9 Å². The number of allylic oxidation sites excluding steroid dienone is 6. The second kappa shape index (κ2) is 21.0. The van der Waals surface area contributed by atoms with E-state index < -0.39 is 25.0 Å². The molecule has 394 valence electrons. The lowest BCUT2D eigenvalue weighted by molar-refractivity contribution is -0.227. The van der Waals surface area contributed by atoms with Crippen LogP contribution in [-0.4, -0.2) is 90.3 Å². The molecule has 0 heterocycles. The smallest absolute Gasteiger partial charge is 0.303 e. The molecule has 0 aromatic heterocycles. The Morgan fingerprint density at radius 1 is 0.958 bits per heavy atom. The second-order valence-corrected chi connectivity index (χ2v) is 27.3. The number of hydrogen-bond acceptors (Lipinski definition) is 9. The first-order chi connectivity index (χ1) is 34.3. The number of ether oxygens (including phenoxy) is 2. The number of aliphatic hydroxyl groups is 2. The average molecular weight is 1010 g/mol. The van der Waals surface area contributed by atoms with Crippen LogP contribution in [-0.2, 0) is 28.2 Å². The van der Waals surface area contributed by atoms with E-state index in [-0.39, 0.29) is 95.3 Å².